The Labute approximate surface area is 155 Å². The molecule has 0 unspecified atom stereocenters. The third-order valence-electron chi connectivity index (χ3n) is 3.73. The van der Waals surface area contributed by atoms with E-state index in [9.17, 15) is 9.59 Å². The maximum absolute atomic E-state index is 12.7. The fourth-order valence-corrected chi connectivity index (χ4v) is 2.54. The molecule has 5 nitrogen and oxygen atoms in total. The second kappa shape index (κ2) is 7.28. The number of pyridine rings is 1. The fraction of sp³-hybridized carbons (Fsp3) is 0.381. The van der Waals surface area contributed by atoms with E-state index in [-0.39, 0.29) is 22.8 Å². The highest BCUT2D eigenvalue weighted by Gasteiger charge is 2.20. The molecule has 26 heavy (non-hydrogen) atoms. The number of hydrogen-bond donors (Lipinski definition) is 2. The van der Waals surface area contributed by atoms with Crippen LogP contribution in [-0.4, -0.2) is 22.3 Å². The number of carbonyl (C=O) groups is 2. The van der Waals surface area contributed by atoms with E-state index >= 15 is 0 Å². The Hall–Kier alpha value is -2.69. The van der Waals surface area contributed by atoms with Crippen LogP contribution in [0.25, 0.3) is 0 Å². The predicted molar refractivity (Wildman–Crippen MR) is 105 cm³/mol. The summed E-state index contributed by atoms with van der Waals surface area (Å²) in [6.45, 7) is 12.0. The predicted octanol–water partition coefficient (Wildman–Crippen LogP) is 4.16. The van der Waals surface area contributed by atoms with E-state index in [0.717, 1.165) is 11.3 Å². The highest BCUT2D eigenvalue weighted by molar-refractivity contribution is 6.06. The minimum absolute atomic E-state index is 0.101. The van der Waals surface area contributed by atoms with Crippen LogP contribution in [0.3, 0.4) is 0 Å². The van der Waals surface area contributed by atoms with Gasteiger partial charge < -0.3 is 10.6 Å². The zero-order valence-electron chi connectivity index (χ0n) is 16.3. The van der Waals surface area contributed by atoms with Gasteiger partial charge in [0.1, 0.15) is 0 Å². The summed E-state index contributed by atoms with van der Waals surface area (Å²) in [5, 5.41) is 5.81. The van der Waals surface area contributed by atoms with Crippen molar-refractivity contribution in [2.45, 2.75) is 52.5 Å². The van der Waals surface area contributed by atoms with Gasteiger partial charge in [0.15, 0.2) is 0 Å². The average molecular weight is 353 g/mol. The van der Waals surface area contributed by atoms with Gasteiger partial charge in [-0.3, -0.25) is 14.6 Å². The van der Waals surface area contributed by atoms with Gasteiger partial charge in [0.05, 0.1) is 11.1 Å². The molecule has 138 valence electrons. The van der Waals surface area contributed by atoms with Crippen LogP contribution >= 0.6 is 0 Å². The molecule has 1 heterocycles. The van der Waals surface area contributed by atoms with Crippen molar-refractivity contribution < 1.29 is 9.59 Å². The van der Waals surface area contributed by atoms with E-state index in [1.165, 1.54) is 12.4 Å². The van der Waals surface area contributed by atoms with Gasteiger partial charge in [-0.15, -0.1) is 0 Å². The van der Waals surface area contributed by atoms with E-state index in [2.05, 4.69) is 36.4 Å². The third kappa shape index (κ3) is 5.15. The summed E-state index contributed by atoms with van der Waals surface area (Å²) in [6, 6.07) is 9.28. The Morgan fingerprint density at radius 1 is 0.885 bits per heavy atom. The first-order valence-electron chi connectivity index (χ1n) is 8.66. The molecule has 2 rings (SSSR count). The van der Waals surface area contributed by atoms with Gasteiger partial charge in [0.25, 0.3) is 11.8 Å². The van der Waals surface area contributed by atoms with E-state index < -0.39 is 0 Å². The van der Waals surface area contributed by atoms with Crippen molar-refractivity contribution in [1.29, 1.82) is 0 Å². The van der Waals surface area contributed by atoms with Crippen LogP contribution in [0.5, 0.6) is 0 Å². The highest BCUT2D eigenvalue weighted by atomic mass is 16.2. The summed E-state index contributed by atoms with van der Waals surface area (Å²) in [5.74, 6) is -0.547. The van der Waals surface area contributed by atoms with Gasteiger partial charge in [-0.25, -0.2) is 0 Å². The van der Waals surface area contributed by atoms with Crippen LogP contribution in [0, 0.1) is 0 Å². The van der Waals surface area contributed by atoms with E-state index in [1.807, 2.05) is 45.0 Å². The van der Waals surface area contributed by atoms with Gasteiger partial charge in [-0.1, -0.05) is 39.0 Å². The van der Waals surface area contributed by atoms with Gasteiger partial charge in [0, 0.05) is 23.6 Å². The van der Waals surface area contributed by atoms with E-state index in [0.29, 0.717) is 11.1 Å². The Morgan fingerprint density at radius 3 is 2.04 bits per heavy atom. The number of nitrogens with zero attached hydrogens (tertiary/aromatic N) is 1. The van der Waals surface area contributed by atoms with Crippen LogP contribution in [-0.2, 0) is 5.41 Å². The summed E-state index contributed by atoms with van der Waals surface area (Å²) in [4.78, 5) is 29.0. The van der Waals surface area contributed by atoms with Gasteiger partial charge in [0.2, 0.25) is 0 Å². The second-order valence-corrected chi connectivity index (χ2v) is 8.42. The number of aromatic nitrogens is 1. The Bertz CT molecular complexity index is 814. The van der Waals surface area contributed by atoms with Crippen LogP contribution in [0.2, 0.25) is 0 Å². The lowest BCUT2D eigenvalue weighted by atomic mass is 9.86. The normalized spacial score (nSPS) is 11.8. The van der Waals surface area contributed by atoms with Crippen molar-refractivity contribution in [1.82, 2.24) is 10.3 Å². The Balaban J connectivity index is 2.24. The molecule has 0 saturated heterocycles. The number of rotatable bonds is 3. The van der Waals surface area contributed by atoms with Crippen LogP contribution in [0.4, 0.5) is 5.69 Å². The first-order valence-corrected chi connectivity index (χ1v) is 8.66. The molecule has 0 aliphatic rings. The monoisotopic (exact) mass is 353 g/mol. The highest BCUT2D eigenvalue weighted by Crippen LogP contribution is 2.29. The number of benzene rings is 1. The topological polar surface area (TPSA) is 71.1 Å². The Morgan fingerprint density at radius 2 is 1.46 bits per heavy atom. The molecule has 2 aromatic rings. The zero-order chi connectivity index (χ0) is 19.5. The molecular weight excluding hydrogens is 326 g/mol. The number of carbonyl (C=O) groups excluding carboxylic acids is 2. The maximum atomic E-state index is 12.7. The summed E-state index contributed by atoms with van der Waals surface area (Å²) < 4.78 is 0. The van der Waals surface area contributed by atoms with E-state index in [4.69, 9.17) is 0 Å². The van der Waals surface area contributed by atoms with Crippen molar-refractivity contribution in [3.63, 3.8) is 0 Å². The number of para-hydroxylation sites is 1. The zero-order valence-corrected chi connectivity index (χ0v) is 16.3. The molecule has 0 spiro atoms. The average Bonchev–Trinajstić information content (AvgIpc) is 2.53. The molecule has 1 aromatic heterocycles. The number of hydrogen-bond acceptors (Lipinski definition) is 3. The minimum atomic E-state index is -0.360. The lowest BCUT2D eigenvalue weighted by Crippen LogP contribution is -2.40. The summed E-state index contributed by atoms with van der Waals surface area (Å²) in [6.07, 6.45) is 2.92. The molecule has 0 radical (unpaired) electrons. The van der Waals surface area contributed by atoms with E-state index in [1.54, 1.807) is 6.07 Å². The van der Waals surface area contributed by atoms with Gasteiger partial charge in [-0.05, 0) is 43.9 Å². The molecular formula is C21H27N3O2. The number of amides is 2. The van der Waals surface area contributed by atoms with Crippen molar-refractivity contribution in [2.75, 3.05) is 5.32 Å². The molecule has 5 heteroatoms. The molecule has 2 N–H and O–H groups in total. The van der Waals surface area contributed by atoms with Crippen molar-refractivity contribution >= 4 is 17.5 Å². The van der Waals surface area contributed by atoms with Gasteiger partial charge in [-0.2, -0.15) is 0 Å². The molecule has 1 aromatic carbocycles. The molecule has 0 bridgehead atoms. The maximum Gasteiger partial charge on any atom is 0.257 e. The van der Waals surface area contributed by atoms with Crippen molar-refractivity contribution in [2.24, 2.45) is 0 Å². The number of nitrogens with one attached hydrogen (secondary N) is 2. The molecule has 0 saturated carbocycles. The summed E-state index contributed by atoms with van der Waals surface area (Å²) >= 11 is 0. The van der Waals surface area contributed by atoms with Crippen molar-refractivity contribution in [3.05, 3.63) is 59.4 Å². The third-order valence-corrected chi connectivity index (χ3v) is 3.73. The summed E-state index contributed by atoms with van der Waals surface area (Å²) in [5.41, 5.74) is 2.04. The standard InChI is InChI=1S/C21H27N3O2/c1-20(2,3)16-9-7-8-10-17(16)23-18(25)14-11-15(13-22-12-14)19(26)24-21(4,5)6/h7-13H,1-6H3,(H,23,25)(H,24,26). The van der Waals surface area contributed by atoms with Crippen LogP contribution in [0.15, 0.2) is 42.7 Å². The lowest BCUT2D eigenvalue weighted by molar-refractivity contribution is 0.0919. The molecule has 0 fully saturated rings. The number of anilines is 1. The SMILES string of the molecule is CC(C)(C)NC(=O)c1cncc(C(=O)Nc2ccccc2C(C)(C)C)c1. The van der Waals surface area contributed by atoms with Crippen molar-refractivity contribution in [3.8, 4) is 0 Å². The smallest absolute Gasteiger partial charge is 0.257 e. The van der Waals surface area contributed by atoms with Crippen LogP contribution < -0.4 is 10.6 Å². The molecule has 0 atom stereocenters. The molecule has 0 aliphatic heterocycles. The molecule has 2 amide bonds. The van der Waals surface area contributed by atoms with Gasteiger partial charge >= 0.3 is 0 Å². The molecule has 0 aliphatic carbocycles. The first-order chi connectivity index (χ1) is 12.0. The summed E-state index contributed by atoms with van der Waals surface area (Å²) in [7, 11) is 0. The minimum Gasteiger partial charge on any atom is -0.347 e. The lowest BCUT2D eigenvalue weighted by Gasteiger charge is -2.23. The van der Waals surface area contributed by atoms with Crippen LogP contribution in [0.1, 0.15) is 67.8 Å². The Kier molecular flexibility index (Phi) is 5.50. The fourth-order valence-electron chi connectivity index (χ4n) is 2.54. The second-order valence-electron chi connectivity index (χ2n) is 8.42. The largest absolute Gasteiger partial charge is 0.347 e. The quantitative estimate of drug-likeness (QED) is 0.870. The first kappa shape index (κ1) is 19.6.